The summed E-state index contributed by atoms with van der Waals surface area (Å²) in [5.74, 6) is 0.687. The molecule has 152 valence electrons. The largest absolute Gasteiger partial charge is 0.490 e. The molecule has 0 N–H and O–H groups in total. The van der Waals surface area contributed by atoms with Gasteiger partial charge in [0, 0.05) is 15.1 Å². The predicted octanol–water partition coefficient (Wildman–Crippen LogP) is 7.28. The second kappa shape index (κ2) is 10.3. The van der Waals surface area contributed by atoms with Gasteiger partial charge in [0.05, 0.1) is 18.2 Å². The normalized spacial score (nSPS) is 11.1. The Labute approximate surface area is 188 Å². The van der Waals surface area contributed by atoms with Crippen LogP contribution < -0.4 is 9.47 Å². The molecule has 0 aromatic heterocycles. The maximum Gasteiger partial charge on any atom is 0.162 e. The van der Waals surface area contributed by atoms with E-state index in [-0.39, 0.29) is 6.61 Å². The van der Waals surface area contributed by atoms with E-state index in [1.54, 1.807) is 30.3 Å². The van der Waals surface area contributed by atoms with Crippen molar-refractivity contribution >= 4 is 39.2 Å². The third-order valence-electron chi connectivity index (χ3n) is 4.26. The lowest BCUT2D eigenvalue weighted by Gasteiger charge is -2.15. The van der Waals surface area contributed by atoms with Crippen LogP contribution in [-0.2, 0) is 6.61 Å². The van der Waals surface area contributed by atoms with Crippen LogP contribution in [0, 0.1) is 17.1 Å². The standard InChI is InChI=1S/C24H18BrClFNO2/c1-2-29-23-12-18(10-19(14-28)16-7-5-8-20(27)11-16)21(25)13-24(23)30-15-17-6-3-4-9-22(17)26/h3-13H,2,15H2,1H3/b19-10-. The number of nitrogens with zero attached hydrogens (tertiary/aromatic N) is 1. The SMILES string of the molecule is CCOc1cc(/C=C(/C#N)c2cccc(F)c2)c(Br)cc1OCc1ccccc1Cl. The molecule has 0 spiro atoms. The zero-order chi connectivity index (χ0) is 21.5. The van der Waals surface area contributed by atoms with Crippen LogP contribution in [0.3, 0.4) is 0 Å². The minimum atomic E-state index is -0.397. The van der Waals surface area contributed by atoms with E-state index in [9.17, 15) is 9.65 Å². The molecule has 0 atom stereocenters. The minimum Gasteiger partial charge on any atom is -0.490 e. The van der Waals surface area contributed by atoms with Gasteiger partial charge in [-0.1, -0.05) is 57.9 Å². The van der Waals surface area contributed by atoms with Crippen LogP contribution in [0.5, 0.6) is 11.5 Å². The molecule has 0 aliphatic heterocycles. The molecule has 0 aliphatic rings. The molecule has 3 aromatic carbocycles. The fourth-order valence-electron chi connectivity index (χ4n) is 2.81. The van der Waals surface area contributed by atoms with Gasteiger partial charge in [0.1, 0.15) is 12.4 Å². The maximum atomic E-state index is 13.6. The summed E-state index contributed by atoms with van der Waals surface area (Å²) in [4.78, 5) is 0. The summed E-state index contributed by atoms with van der Waals surface area (Å²) in [6, 6.07) is 19.1. The molecule has 3 rings (SSSR count). The van der Waals surface area contributed by atoms with E-state index in [0.717, 1.165) is 5.56 Å². The van der Waals surface area contributed by atoms with Crippen LogP contribution in [-0.4, -0.2) is 6.61 Å². The van der Waals surface area contributed by atoms with E-state index >= 15 is 0 Å². The average molecular weight is 487 g/mol. The van der Waals surface area contributed by atoms with E-state index in [2.05, 4.69) is 22.0 Å². The van der Waals surface area contributed by atoms with Crippen molar-refractivity contribution in [1.29, 1.82) is 5.26 Å². The van der Waals surface area contributed by atoms with Crippen LogP contribution >= 0.6 is 27.5 Å². The third kappa shape index (κ3) is 5.41. The first-order valence-corrected chi connectivity index (χ1v) is 10.4. The predicted molar refractivity (Wildman–Crippen MR) is 121 cm³/mol. The summed E-state index contributed by atoms with van der Waals surface area (Å²) >= 11 is 9.73. The smallest absolute Gasteiger partial charge is 0.162 e. The zero-order valence-corrected chi connectivity index (χ0v) is 18.5. The van der Waals surface area contributed by atoms with E-state index in [1.807, 2.05) is 31.2 Å². The van der Waals surface area contributed by atoms with E-state index in [4.69, 9.17) is 21.1 Å². The van der Waals surface area contributed by atoms with Crippen LogP contribution in [0.25, 0.3) is 11.6 Å². The molecule has 0 saturated heterocycles. The molecule has 0 heterocycles. The molecule has 0 bridgehead atoms. The van der Waals surface area contributed by atoms with Gasteiger partial charge >= 0.3 is 0 Å². The highest BCUT2D eigenvalue weighted by molar-refractivity contribution is 9.10. The topological polar surface area (TPSA) is 42.2 Å². The molecule has 0 radical (unpaired) electrons. The zero-order valence-electron chi connectivity index (χ0n) is 16.2. The Hall–Kier alpha value is -2.81. The highest BCUT2D eigenvalue weighted by Gasteiger charge is 2.12. The first-order chi connectivity index (χ1) is 14.5. The molecule has 30 heavy (non-hydrogen) atoms. The van der Waals surface area contributed by atoms with Gasteiger partial charge in [-0.3, -0.25) is 0 Å². The second-order valence-electron chi connectivity index (χ2n) is 6.31. The maximum absolute atomic E-state index is 13.6. The quantitative estimate of drug-likeness (QED) is 0.260. The van der Waals surface area contributed by atoms with Gasteiger partial charge in [0.2, 0.25) is 0 Å². The number of rotatable bonds is 7. The van der Waals surface area contributed by atoms with E-state index < -0.39 is 5.82 Å². The summed E-state index contributed by atoms with van der Waals surface area (Å²) in [6.45, 7) is 2.61. The summed E-state index contributed by atoms with van der Waals surface area (Å²) in [7, 11) is 0. The van der Waals surface area contributed by atoms with Gasteiger partial charge in [-0.2, -0.15) is 5.26 Å². The van der Waals surface area contributed by atoms with Crippen LogP contribution in [0.15, 0.2) is 65.1 Å². The van der Waals surface area contributed by atoms with Gasteiger partial charge in [-0.15, -0.1) is 0 Å². The molecule has 0 fully saturated rings. The minimum absolute atomic E-state index is 0.286. The molecule has 0 unspecified atom stereocenters. The lowest BCUT2D eigenvalue weighted by Crippen LogP contribution is -2.01. The molecule has 0 saturated carbocycles. The molecule has 3 nitrogen and oxygen atoms in total. The van der Waals surface area contributed by atoms with Crippen molar-refractivity contribution < 1.29 is 13.9 Å². The molecular weight excluding hydrogens is 469 g/mol. The first kappa shape index (κ1) is 21.9. The fraction of sp³-hybridized carbons (Fsp3) is 0.125. The monoisotopic (exact) mass is 485 g/mol. The van der Waals surface area contributed by atoms with Crippen LogP contribution in [0.4, 0.5) is 4.39 Å². The van der Waals surface area contributed by atoms with Gasteiger partial charge < -0.3 is 9.47 Å². The Morgan fingerprint density at radius 3 is 2.57 bits per heavy atom. The number of hydrogen-bond donors (Lipinski definition) is 0. The van der Waals surface area contributed by atoms with Crippen molar-refractivity contribution in [3.63, 3.8) is 0 Å². The Kier molecular flexibility index (Phi) is 7.51. The lowest BCUT2D eigenvalue weighted by molar-refractivity contribution is 0.269. The molecule has 6 heteroatoms. The van der Waals surface area contributed by atoms with Crippen molar-refractivity contribution in [3.05, 3.63) is 92.7 Å². The Morgan fingerprint density at radius 1 is 1.10 bits per heavy atom. The first-order valence-electron chi connectivity index (χ1n) is 9.22. The second-order valence-corrected chi connectivity index (χ2v) is 7.58. The van der Waals surface area contributed by atoms with Crippen LogP contribution in [0.2, 0.25) is 5.02 Å². The summed E-state index contributed by atoms with van der Waals surface area (Å²) in [5, 5.41) is 10.2. The van der Waals surface area contributed by atoms with Crippen molar-refractivity contribution in [3.8, 4) is 17.6 Å². The van der Waals surface area contributed by atoms with E-state index in [1.165, 1.54) is 12.1 Å². The molecule has 3 aromatic rings. The Morgan fingerprint density at radius 2 is 1.87 bits per heavy atom. The van der Waals surface area contributed by atoms with Gasteiger partial charge in [-0.05, 0) is 54.5 Å². The van der Waals surface area contributed by atoms with Crippen LogP contribution in [0.1, 0.15) is 23.6 Å². The fourth-order valence-corrected chi connectivity index (χ4v) is 3.43. The Balaban J connectivity index is 1.94. The Bertz CT molecular complexity index is 1120. The van der Waals surface area contributed by atoms with Crippen molar-refractivity contribution in [1.82, 2.24) is 0 Å². The number of halogens is 3. The van der Waals surface area contributed by atoms with Gasteiger partial charge in [0.15, 0.2) is 11.5 Å². The highest BCUT2D eigenvalue weighted by Crippen LogP contribution is 2.36. The third-order valence-corrected chi connectivity index (χ3v) is 5.32. The summed E-state index contributed by atoms with van der Waals surface area (Å²) in [5.41, 5.74) is 2.41. The van der Waals surface area contributed by atoms with Gasteiger partial charge in [0.25, 0.3) is 0 Å². The number of benzene rings is 3. The molecule has 0 amide bonds. The van der Waals surface area contributed by atoms with Crippen molar-refractivity contribution in [2.24, 2.45) is 0 Å². The number of hydrogen-bond acceptors (Lipinski definition) is 3. The molecule has 0 aliphatic carbocycles. The van der Waals surface area contributed by atoms with E-state index in [0.29, 0.717) is 44.3 Å². The highest BCUT2D eigenvalue weighted by atomic mass is 79.9. The number of nitriles is 1. The lowest BCUT2D eigenvalue weighted by atomic mass is 10.0. The summed E-state index contributed by atoms with van der Waals surface area (Å²) in [6.07, 6.45) is 1.68. The number of ether oxygens (including phenoxy) is 2. The van der Waals surface area contributed by atoms with Crippen molar-refractivity contribution in [2.75, 3.05) is 6.61 Å². The average Bonchev–Trinajstić information content (AvgIpc) is 2.73. The summed E-state index contributed by atoms with van der Waals surface area (Å²) < 4.78 is 26.0. The van der Waals surface area contributed by atoms with Crippen molar-refractivity contribution in [2.45, 2.75) is 13.5 Å². The number of allylic oxidation sites excluding steroid dienone is 1. The molecular formula is C24H18BrClFNO2. The van der Waals surface area contributed by atoms with Gasteiger partial charge in [-0.25, -0.2) is 4.39 Å².